The first-order chi connectivity index (χ1) is 10.8. The monoisotopic (exact) mass is 311 g/mol. The second-order valence-corrected chi connectivity index (χ2v) is 7.18. The van der Waals surface area contributed by atoms with Crippen LogP contribution in [0.15, 0.2) is 36.4 Å². The highest BCUT2D eigenvalue weighted by molar-refractivity contribution is 6.25. The molecule has 2 aromatic rings. The van der Waals surface area contributed by atoms with Crippen LogP contribution >= 0.6 is 0 Å². The lowest BCUT2D eigenvalue weighted by atomic mass is 9.79. The second-order valence-electron chi connectivity index (χ2n) is 7.18. The molecule has 0 fully saturated rings. The summed E-state index contributed by atoms with van der Waals surface area (Å²) in [5, 5.41) is 11.5. The number of aliphatic carboxylic acids is 1. The van der Waals surface area contributed by atoms with Crippen molar-refractivity contribution in [2.24, 2.45) is 11.3 Å². The zero-order chi connectivity index (χ0) is 16.8. The third-order valence-corrected chi connectivity index (χ3v) is 4.63. The molecular formula is C19H21NO3. The molecule has 1 unspecified atom stereocenters. The van der Waals surface area contributed by atoms with Crippen LogP contribution in [0.3, 0.4) is 0 Å². The Bertz CT molecular complexity index is 784. The molecule has 1 aliphatic rings. The fourth-order valence-corrected chi connectivity index (χ4v) is 3.39. The Labute approximate surface area is 135 Å². The number of carboxylic acids is 1. The van der Waals surface area contributed by atoms with E-state index in [0.717, 1.165) is 16.5 Å². The number of rotatable bonds is 4. The van der Waals surface area contributed by atoms with Crippen LogP contribution in [-0.2, 0) is 4.79 Å². The van der Waals surface area contributed by atoms with E-state index in [1.807, 2.05) is 57.2 Å². The van der Waals surface area contributed by atoms with E-state index >= 15 is 0 Å². The van der Waals surface area contributed by atoms with Gasteiger partial charge in [-0.1, -0.05) is 45.0 Å². The SMILES string of the molecule is CC(C)(C)C(CCN1C(=O)c2cccc3cccc1c23)C(=O)O. The standard InChI is InChI=1S/C19H21NO3/c1-19(2,3)14(18(22)23)10-11-20-15-9-5-7-12-6-4-8-13(16(12)15)17(20)21/h4-9,14H,10-11H2,1-3H3,(H,22,23). The van der Waals surface area contributed by atoms with Crippen molar-refractivity contribution < 1.29 is 14.7 Å². The van der Waals surface area contributed by atoms with E-state index < -0.39 is 11.9 Å². The van der Waals surface area contributed by atoms with Crippen molar-refractivity contribution in [1.82, 2.24) is 0 Å². The van der Waals surface area contributed by atoms with Gasteiger partial charge in [-0.25, -0.2) is 0 Å². The van der Waals surface area contributed by atoms with Crippen molar-refractivity contribution in [2.75, 3.05) is 11.4 Å². The number of anilines is 1. The van der Waals surface area contributed by atoms with Crippen LogP contribution in [0, 0.1) is 11.3 Å². The molecule has 1 aliphatic heterocycles. The summed E-state index contributed by atoms with van der Waals surface area (Å²) in [6.45, 7) is 6.19. The number of carboxylic acid groups (broad SMARTS) is 1. The number of carbonyl (C=O) groups excluding carboxylic acids is 1. The molecule has 1 N–H and O–H groups in total. The van der Waals surface area contributed by atoms with Crippen molar-refractivity contribution >= 4 is 28.3 Å². The molecular weight excluding hydrogens is 290 g/mol. The van der Waals surface area contributed by atoms with E-state index in [2.05, 4.69) is 0 Å². The first kappa shape index (κ1) is 15.5. The zero-order valence-corrected chi connectivity index (χ0v) is 13.7. The zero-order valence-electron chi connectivity index (χ0n) is 13.7. The van der Waals surface area contributed by atoms with Crippen LogP contribution in [0.1, 0.15) is 37.6 Å². The summed E-state index contributed by atoms with van der Waals surface area (Å²) in [6, 6.07) is 11.6. The lowest BCUT2D eigenvalue weighted by molar-refractivity contribution is -0.145. The molecule has 4 nitrogen and oxygen atoms in total. The number of benzene rings is 2. The van der Waals surface area contributed by atoms with Gasteiger partial charge in [-0.05, 0) is 29.4 Å². The summed E-state index contributed by atoms with van der Waals surface area (Å²) in [6.07, 6.45) is 0.439. The first-order valence-electron chi connectivity index (χ1n) is 7.87. The van der Waals surface area contributed by atoms with E-state index in [9.17, 15) is 14.7 Å². The molecule has 4 heteroatoms. The van der Waals surface area contributed by atoms with Crippen LogP contribution < -0.4 is 4.90 Å². The highest BCUT2D eigenvalue weighted by Crippen LogP contribution is 2.38. The Morgan fingerprint density at radius 3 is 2.43 bits per heavy atom. The first-order valence-corrected chi connectivity index (χ1v) is 7.87. The van der Waals surface area contributed by atoms with Crippen molar-refractivity contribution in [2.45, 2.75) is 27.2 Å². The van der Waals surface area contributed by atoms with E-state index in [-0.39, 0.29) is 11.3 Å². The van der Waals surface area contributed by atoms with Gasteiger partial charge in [-0.2, -0.15) is 0 Å². The van der Waals surface area contributed by atoms with Crippen molar-refractivity contribution in [3.8, 4) is 0 Å². The van der Waals surface area contributed by atoms with E-state index in [1.54, 1.807) is 4.90 Å². The maximum atomic E-state index is 12.7. The third-order valence-electron chi connectivity index (χ3n) is 4.63. The Kier molecular flexibility index (Phi) is 3.63. The smallest absolute Gasteiger partial charge is 0.307 e. The van der Waals surface area contributed by atoms with Gasteiger partial charge in [0.2, 0.25) is 0 Å². The minimum atomic E-state index is -0.806. The normalized spacial score (nSPS) is 15.3. The maximum absolute atomic E-state index is 12.7. The molecule has 1 atom stereocenters. The average Bonchev–Trinajstić information content (AvgIpc) is 2.74. The number of carbonyl (C=O) groups is 2. The van der Waals surface area contributed by atoms with Gasteiger partial charge in [-0.3, -0.25) is 9.59 Å². The molecule has 0 spiro atoms. The second kappa shape index (κ2) is 5.37. The molecule has 1 heterocycles. The maximum Gasteiger partial charge on any atom is 0.307 e. The fraction of sp³-hybridized carbons (Fsp3) is 0.368. The molecule has 0 saturated heterocycles. The molecule has 23 heavy (non-hydrogen) atoms. The van der Waals surface area contributed by atoms with Crippen molar-refractivity contribution in [3.05, 3.63) is 42.0 Å². The largest absolute Gasteiger partial charge is 0.481 e. The van der Waals surface area contributed by atoms with Gasteiger partial charge in [0, 0.05) is 17.5 Å². The van der Waals surface area contributed by atoms with Crippen LogP contribution in [0.2, 0.25) is 0 Å². The van der Waals surface area contributed by atoms with Crippen LogP contribution in [0.4, 0.5) is 5.69 Å². The highest BCUT2D eigenvalue weighted by Gasteiger charge is 2.34. The summed E-state index contributed by atoms with van der Waals surface area (Å²) < 4.78 is 0. The van der Waals surface area contributed by atoms with Gasteiger partial charge in [0.05, 0.1) is 11.6 Å². The number of hydrogen-bond donors (Lipinski definition) is 1. The van der Waals surface area contributed by atoms with Gasteiger partial charge in [0.25, 0.3) is 5.91 Å². The predicted molar refractivity (Wildman–Crippen MR) is 90.8 cm³/mol. The molecule has 0 aromatic heterocycles. The van der Waals surface area contributed by atoms with Gasteiger partial charge >= 0.3 is 5.97 Å². The lowest BCUT2D eigenvalue weighted by Gasteiger charge is -2.29. The summed E-state index contributed by atoms with van der Waals surface area (Å²) >= 11 is 0. The Balaban J connectivity index is 1.90. The van der Waals surface area contributed by atoms with Crippen LogP contribution in [-0.4, -0.2) is 23.5 Å². The number of nitrogens with zero attached hydrogens (tertiary/aromatic N) is 1. The van der Waals surface area contributed by atoms with Crippen LogP contribution in [0.25, 0.3) is 10.8 Å². The molecule has 2 aromatic carbocycles. The van der Waals surface area contributed by atoms with Gasteiger partial charge < -0.3 is 10.0 Å². The van der Waals surface area contributed by atoms with E-state index in [1.165, 1.54) is 0 Å². The van der Waals surface area contributed by atoms with Gasteiger partial charge in [0.15, 0.2) is 0 Å². The molecule has 0 aliphatic carbocycles. The highest BCUT2D eigenvalue weighted by atomic mass is 16.4. The van der Waals surface area contributed by atoms with Gasteiger partial charge in [0.1, 0.15) is 0 Å². The molecule has 120 valence electrons. The molecule has 3 rings (SSSR count). The molecule has 1 amide bonds. The molecule has 0 radical (unpaired) electrons. The molecule has 0 saturated carbocycles. The Morgan fingerprint density at radius 1 is 1.17 bits per heavy atom. The van der Waals surface area contributed by atoms with E-state index in [0.29, 0.717) is 18.5 Å². The third kappa shape index (κ3) is 2.58. The van der Waals surface area contributed by atoms with Gasteiger partial charge in [-0.15, -0.1) is 0 Å². The van der Waals surface area contributed by atoms with Crippen LogP contribution in [0.5, 0.6) is 0 Å². The number of amides is 1. The summed E-state index contributed by atoms with van der Waals surface area (Å²) in [7, 11) is 0. The molecule has 0 bridgehead atoms. The lowest BCUT2D eigenvalue weighted by Crippen LogP contribution is -2.35. The quantitative estimate of drug-likeness (QED) is 0.930. The minimum Gasteiger partial charge on any atom is -0.481 e. The summed E-state index contributed by atoms with van der Waals surface area (Å²) in [5.41, 5.74) is 1.26. The summed E-state index contributed by atoms with van der Waals surface area (Å²) in [5.74, 6) is -1.33. The Hall–Kier alpha value is -2.36. The topological polar surface area (TPSA) is 57.6 Å². The summed E-state index contributed by atoms with van der Waals surface area (Å²) in [4.78, 5) is 25.9. The number of hydrogen-bond acceptors (Lipinski definition) is 2. The van der Waals surface area contributed by atoms with E-state index in [4.69, 9.17) is 0 Å². The van der Waals surface area contributed by atoms with Crippen molar-refractivity contribution in [3.63, 3.8) is 0 Å². The van der Waals surface area contributed by atoms with Crippen molar-refractivity contribution in [1.29, 1.82) is 0 Å². The Morgan fingerprint density at radius 2 is 1.83 bits per heavy atom. The fourth-order valence-electron chi connectivity index (χ4n) is 3.39. The minimum absolute atomic E-state index is 0.0325. The average molecular weight is 311 g/mol. The predicted octanol–water partition coefficient (Wildman–Crippen LogP) is 3.94.